The van der Waals surface area contributed by atoms with Crippen LogP contribution in [0.15, 0.2) is 0 Å². The van der Waals surface area contributed by atoms with Crippen LogP contribution in [0.1, 0.15) is 13.3 Å². The molecule has 50 valence electrons. The van der Waals surface area contributed by atoms with Gasteiger partial charge in [0.15, 0.2) is 0 Å². The van der Waals surface area contributed by atoms with Crippen molar-refractivity contribution < 1.29 is 4.79 Å². The molecule has 0 saturated carbocycles. The quantitative estimate of drug-likeness (QED) is 0.549. The summed E-state index contributed by atoms with van der Waals surface area (Å²) in [4.78, 5) is 12.0. The van der Waals surface area contributed by atoms with Crippen LogP contribution in [0.5, 0.6) is 0 Å². The van der Waals surface area contributed by atoms with Crippen LogP contribution >= 0.6 is 0 Å². The van der Waals surface area contributed by atoms with Crippen molar-refractivity contribution in [2.75, 3.05) is 14.1 Å². The average molecular weight is 118 g/mol. The molecule has 3 N–H and O–H groups in total. The van der Waals surface area contributed by atoms with E-state index in [-0.39, 0.29) is 12.1 Å². The molecule has 0 fully saturated rings. The SMILES string of the molecule is CCC(=O)N(C)C.N. The van der Waals surface area contributed by atoms with Crippen molar-refractivity contribution in [3.05, 3.63) is 0 Å². The number of amides is 1. The molecular formula is C5H14N2O. The Hall–Kier alpha value is -0.570. The summed E-state index contributed by atoms with van der Waals surface area (Å²) in [5.41, 5.74) is 0. The van der Waals surface area contributed by atoms with E-state index in [1.807, 2.05) is 6.92 Å². The number of carbonyl (C=O) groups excluding carboxylic acids is 1. The van der Waals surface area contributed by atoms with Crippen molar-refractivity contribution in [3.63, 3.8) is 0 Å². The predicted molar refractivity (Wildman–Crippen MR) is 34.0 cm³/mol. The minimum atomic E-state index is 0. The van der Waals surface area contributed by atoms with Crippen LogP contribution < -0.4 is 6.15 Å². The van der Waals surface area contributed by atoms with Crippen molar-refractivity contribution in [1.82, 2.24) is 11.1 Å². The van der Waals surface area contributed by atoms with E-state index >= 15 is 0 Å². The Balaban J connectivity index is 0. The lowest BCUT2D eigenvalue weighted by Gasteiger charge is -2.05. The van der Waals surface area contributed by atoms with Gasteiger partial charge in [-0.2, -0.15) is 0 Å². The van der Waals surface area contributed by atoms with Gasteiger partial charge in [0.1, 0.15) is 0 Å². The molecule has 0 aromatic rings. The van der Waals surface area contributed by atoms with E-state index in [4.69, 9.17) is 0 Å². The van der Waals surface area contributed by atoms with Crippen LogP contribution in [0, 0.1) is 0 Å². The maximum absolute atomic E-state index is 10.4. The Labute approximate surface area is 50.3 Å². The summed E-state index contributed by atoms with van der Waals surface area (Å²) in [5.74, 6) is 0.181. The highest BCUT2D eigenvalue weighted by molar-refractivity contribution is 5.75. The molecule has 0 aromatic heterocycles. The van der Waals surface area contributed by atoms with Gasteiger partial charge in [0, 0.05) is 20.5 Å². The molecule has 0 bridgehead atoms. The number of hydrogen-bond donors (Lipinski definition) is 1. The van der Waals surface area contributed by atoms with Gasteiger partial charge in [-0.05, 0) is 0 Å². The molecule has 1 amide bonds. The summed E-state index contributed by atoms with van der Waals surface area (Å²) in [6.07, 6.45) is 0.604. The van der Waals surface area contributed by atoms with E-state index in [2.05, 4.69) is 0 Å². The van der Waals surface area contributed by atoms with Gasteiger partial charge in [-0.15, -0.1) is 0 Å². The van der Waals surface area contributed by atoms with E-state index in [1.54, 1.807) is 19.0 Å². The first-order valence-electron chi connectivity index (χ1n) is 2.38. The van der Waals surface area contributed by atoms with Crippen LogP contribution in [0.3, 0.4) is 0 Å². The molecule has 0 aliphatic carbocycles. The van der Waals surface area contributed by atoms with Crippen LogP contribution in [0.25, 0.3) is 0 Å². The summed E-state index contributed by atoms with van der Waals surface area (Å²) in [6, 6.07) is 0. The minimum absolute atomic E-state index is 0. The van der Waals surface area contributed by atoms with Crippen molar-refractivity contribution in [2.45, 2.75) is 13.3 Å². The Morgan fingerprint density at radius 2 is 1.88 bits per heavy atom. The predicted octanol–water partition coefficient (Wildman–Crippen LogP) is 0.647. The number of nitrogens with zero attached hydrogens (tertiary/aromatic N) is 1. The summed E-state index contributed by atoms with van der Waals surface area (Å²) >= 11 is 0. The van der Waals surface area contributed by atoms with Gasteiger partial charge >= 0.3 is 0 Å². The summed E-state index contributed by atoms with van der Waals surface area (Å²) in [6.45, 7) is 1.85. The highest BCUT2D eigenvalue weighted by Crippen LogP contribution is 1.81. The molecule has 0 spiro atoms. The van der Waals surface area contributed by atoms with E-state index in [0.717, 1.165) is 0 Å². The van der Waals surface area contributed by atoms with E-state index in [0.29, 0.717) is 6.42 Å². The van der Waals surface area contributed by atoms with Crippen LogP contribution in [0.2, 0.25) is 0 Å². The van der Waals surface area contributed by atoms with Crippen molar-refractivity contribution in [1.29, 1.82) is 0 Å². The van der Waals surface area contributed by atoms with Gasteiger partial charge < -0.3 is 11.1 Å². The van der Waals surface area contributed by atoms with Gasteiger partial charge in [-0.1, -0.05) is 6.92 Å². The second-order valence-corrected chi connectivity index (χ2v) is 1.64. The number of hydrogen-bond acceptors (Lipinski definition) is 2. The van der Waals surface area contributed by atoms with Gasteiger partial charge in [-0.3, -0.25) is 4.79 Å². The first-order valence-corrected chi connectivity index (χ1v) is 2.38. The van der Waals surface area contributed by atoms with Crippen LogP contribution in [0.4, 0.5) is 0 Å². The van der Waals surface area contributed by atoms with Crippen LogP contribution in [-0.2, 0) is 4.79 Å². The first kappa shape index (κ1) is 10.4. The Morgan fingerprint density at radius 1 is 1.50 bits per heavy atom. The van der Waals surface area contributed by atoms with Gasteiger partial charge in [-0.25, -0.2) is 0 Å². The fraction of sp³-hybridized carbons (Fsp3) is 0.800. The third-order valence-electron chi connectivity index (χ3n) is 0.801. The second-order valence-electron chi connectivity index (χ2n) is 1.64. The highest BCUT2D eigenvalue weighted by Gasteiger charge is 1.95. The zero-order valence-electron chi connectivity index (χ0n) is 5.77. The smallest absolute Gasteiger partial charge is 0.221 e. The molecule has 0 radical (unpaired) electrons. The van der Waals surface area contributed by atoms with Gasteiger partial charge in [0.2, 0.25) is 5.91 Å². The number of carbonyl (C=O) groups is 1. The van der Waals surface area contributed by atoms with Crippen molar-refractivity contribution in [2.24, 2.45) is 0 Å². The molecule has 3 heteroatoms. The summed E-state index contributed by atoms with van der Waals surface area (Å²) < 4.78 is 0. The first-order chi connectivity index (χ1) is 3.18. The van der Waals surface area contributed by atoms with E-state index in [1.165, 1.54) is 0 Å². The second kappa shape index (κ2) is 4.59. The highest BCUT2D eigenvalue weighted by atomic mass is 16.2. The maximum Gasteiger partial charge on any atom is 0.221 e. The summed E-state index contributed by atoms with van der Waals surface area (Å²) in [7, 11) is 3.51. The monoisotopic (exact) mass is 118 g/mol. The van der Waals surface area contributed by atoms with Gasteiger partial charge in [0.25, 0.3) is 0 Å². The molecule has 0 heterocycles. The lowest BCUT2D eigenvalue weighted by Crippen LogP contribution is -2.19. The fourth-order valence-corrected chi connectivity index (χ4v) is 0.316. The lowest BCUT2D eigenvalue weighted by atomic mass is 10.4. The third-order valence-corrected chi connectivity index (χ3v) is 0.801. The van der Waals surface area contributed by atoms with Crippen molar-refractivity contribution in [3.8, 4) is 0 Å². The molecule has 0 rings (SSSR count). The maximum atomic E-state index is 10.4. The molecule has 8 heavy (non-hydrogen) atoms. The molecule has 0 aromatic carbocycles. The molecule has 0 unspecified atom stereocenters. The molecule has 0 saturated heterocycles. The van der Waals surface area contributed by atoms with Crippen LogP contribution in [-0.4, -0.2) is 24.9 Å². The average Bonchev–Trinajstić information content (AvgIpc) is 1.65. The Bertz CT molecular complexity index is 70.8. The number of rotatable bonds is 1. The molecular weight excluding hydrogens is 104 g/mol. The van der Waals surface area contributed by atoms with E-state index in [9.17, 15) is 4.79 Å². The van der Waals surface area contributed by atoms with E-state index < -0.39 is 0 Å². The Kier molecular flexibility index (Phi) is 5.97. The topological polar surface area (TPSA) is 55.3 Å². The molecule has 0 atom stereocenters. The van der Waals surface area contributed by atoms with Gasteiger partial charge in [0.05, 0.1) is 0 Å². The molecule has 0 aliphatic rings. The largest absolute Gasteiger partial charge is 0.349 e. The minimum Gasteiger partial charge on any atom is -0.349 e. The Morgan fingerprint density at radius 3 is 1.88 bits per heavy atom. The van der Waals surface area contributed by atoms with Crippen molar-refractivity contribution >= 4 is 5.91 Å². The molecule has 0 aliphatic heterocycles. The zero-order chi connectivity index (χ0) is 5.86. The standard InChI is InChI=1S/C5H11NO.H3N/c1-4-5(7)6(2)3;/h4H2,1-3H3;1H3. The normalized spacial score (nSPS) is 7.38. The lowest BCUT2D eigenvalue weighted by molar-refractivity contribution is -0.128. The third kappa shape index (κ3) is 3.61. The summed E-state index contributed by atoms with van der Waals surface area (Å²) in [5, 5.41) is 0. The fourth-order valence-electron chi connectivity index (χ4n) is 0.316. The zero-order valence-corrected chi connectivity index (χ0v) is 5.77. The molecule has 3 nitrogen and oxygen atoms in total.